The SMILES string of the molecule is COc1cc(CNC(=O)C(Cc2cccc(F)c2)n2nnnc2C)cc(Br)c1OC. The van der Waals surface area contributed by atoms with E-state index in [-0.39, 0.29) is 24.7 Å². The fraction of sp³-hybridized carbons (Fsp3) is 0.300. The quantitative estimate of drug-likeness (QED) is 0.536. The van der Waals surface area contributed by atoms with Crippen LogP contribution >= 0.6 is 15.9 Å². The molecule has 1 heterocycles. The maximum Gasteiger partial charge on any atom is 0.245 e. The molecule has 1 atom stereocenters. The number of carbonyl (C=O) groups excluding carboxylic acids is 1. The van der Waals surface area contributed by atoms with E-state index in [0.717, 1.165) is 5.56 Å². The standard InChI is InChI=1S/C20H21BrFN5O3/c1-12-24-25-26-27(12)17(9-13-5-4-6-15(22)7-13)20(28)23-11-14-8-16(21)19(30-3)18(10-14)29-2/h4-8,10,17H,9,11H2,1-3H3,(H,23,28). The average molecular weight is 478 g/mol. The molecule has 0 aliphatic heterocycles. The summed E-state index contributed by atoms with van der Waals surface area (Å²) in [6.45, 7) is 1.95. The summed E-state index contributed by atoms with van der Waals surface area (Å²) in [5.74, 6) is 0.945. The summed E-state index contributed by atoms with van der Waals surface area (Å²) in [7, 11) is 3.09. The Hall–Kier alpha value is -3.01. The lowest BCUT2D eigenvalue weighted by molar-refractivity contribution is -0.124. The highest BCUT2D eigenvalue weighted by Crippen LogP contribution is 2.36. The summed E-state index contributed by atoms with van der Waals surface area (Å²) < 4.78 is 26.4. The van der Waals surface area contributed by atoms with Crippen molar-refractivity contribution in [2.24, 2.45) is 0 Å². The van der Waals surface area contributed by atoms with Gasteiger partial charge in [-0.3, -0.25) is 4.79 Å². The number of rotatable bonds is 8. The Kier molecular flexibility index (Phi) is 6.99. The second-order valence-electron chi connectivity index (χ2n) is 6.55. The molecule has 10 heteroatoms. The van der Waals surface area contributed by atoms with Crippen LogP contribution in [0.15, 0.2) is 40.9 Å². The molecule has 0 saturated carbocycles. The number of ether oxygens (including phenoxy) is 2. The van der Waals surface area contributed by atoms with Gasteiger partial charge in [0.25, 0.3) is 0 Å². The van der Waals surface area contributed by atoms with Gasteiger partial charge in [0.15, 0.2) is 11.5 Å². The number of carbonyl (C=O) groups is 1. The minimum absolute atomic E-state index is 0.241. The molecule has 1 amide bonds. The molecule has 3 aromatic rings. The van der Waals surface area contributed by atoms with E-state index in [1.807, 2.05) is 6.07 Å². The number of nitrogens with one attached hydrogen (secondary N) is 1. The van der Waals surface area contributed by atoms with Gasteiger partial charge in [0.05, 0.1) is 18.7 Å². The maximum atomic E-state index is 13.6. The molecule has 3 rings (SSSR count). The van der Waals surface area contributed by atoms with Crippen LogP contribution in [0.2, 0.25) is 0 Å². The van der Waals surface area contributed by atoms with Crippen LogP contribution in [0, 0.1) is 12.7 Å². The average Bonchev–Trinajstić information content (AvgIpc) is 3.15. The number of aryl methyl sites for hydroxylation is 1. The second-order valence-corrected chi connectivity index (χ2v) is 7.41. The number of amides is 1. The first-order valence-electron chi connectivity index (χ1n) is 9.10. The van der Waals surface area contributed by atoms with Gasteiger partial charge in [-0.25, -0.2) is 9.07 Å². The van der Waals surface area contributed by atoms with Crippen LogP contribution in [0.5, 0.6) is 11.5 Å². The van der Waals surface area contributed by atoms with Crippen molar-refractivity contribution in [2.45, 2.75) is 25.9 Å². The largest absolute Gasteiger partial charge is 0.493 e. The molecular formula is C20H21BrFN5O3. The van der Waals surface area contributed by atoms with Gasteiger partial charge >= 0.3 is 0 Å². The van der Waals surface area contributed by atoms with E-state index in [9.17, 15) is 9.18 Å². The lowest BCUT2D eigenvalue weighted by atomic mass is 10.0. The Balaban J connectivity index is 1.80. The third kappa shape index (κ3) is 4.93. The smallest absolute Gasteiger partial charge is 0.245 e. The summed E-state index contributed by atoms with van der Waals surface area (Å²) in [4.78, 5) is 13.0. The molecule has 0 aliphatic rings. The minimum atomic E-state index is -0.731. The molecule has 30 heavy (non-hydrogen) atoms. The zero-order chi connectivity index (χ0) is 21.7. The predicted molar refractivity (Wildman–Crippen MR) is 111 cm³/mol. The number of aromatic nitrogens is 4. The van der Waals surface area contributed by atoms with Crippen LogP contribution in [0.3, 0.4) is 0 Å². The van der Waals surface area contributed by atoms with E-state index < -0.39 is 6.04 Å². The summed E-state index contributed by atoms with van der Waals surface area (Å²) >= 11 is 3.44. The van der Waals surface area contributed by atoms with Crippen LogP contribution < -0.4 is 14.8 Å². The number of hydrogen-bond donors (Lipinski definition) is 1. The zero-order valence-corrected chi connectivity index (χ0v) is 18.3. The molecule has 1 aromatic heterocycles. The molecule has 0 radical (unpaired) electrons. The summed E-state index contributed by atoms with van der Waals surface area (Å²) in [6.07, 6.45) is 0.241. The van der Waals surface area contributed by atoms with E-state index in [4.69, 9.17) is 9.47 Å². The van der Waals surface area contributed by atoms with Crippen LogP contribution in [-0.2, 0) is 17.8 Å². The number of halogens is 2. The maximum absolute atomic E-state index is 13.6. The summed E-state index contributed by atoms with van der Waals surface area (Å²) in [5.41, 5.74) is 1.48. The van der Waals surface area contributed by atoms with Gasteiger partial charge in [0.1, 0.15) is 17.7 Å². The first-order chi connectivity index (χ1) is 14.4. The van der Waals surface area contributed by atoms with Crippen molar-refractivity contribution in [3.8, 4) is 11.5 Å². The van der Waals surface area contributed by atoms with Crippen LogP contribution in [0.4, 0.5) is 4.39 Å². The Morgan fingerprint density at radius 3 is 2.67 bits per heavy atom. The molecule has 0 spiro atoms. The van der Waals surface area contributed by atoms with Gasteiger partial charge in [-0.15, -0.1) is 5.10 Å². The lowest BCUT2D eigenvalue weighted by Crippen LogP contribution is -2.34. The Labute approximate surface area is 181 Å². The molecular weight excluding hydrogens is 457 g/mol. The molecule has 0 aliphatic carbocycles. The first kappa shape index (κ1) is 21.7. The van der Waals surface area contributed by atoms with Gasteiger partial charge in [0.2, 0.25) is 5.91 Å². The number of hydrogen-bond acceptors (Lipinski definition) is 6. The molecule has 0 bridgehead atoms. The molecule has 1 unspecified atom stereocenters. The second kappa shape index (κ2) is 9.66. The lowest BCUT2D eigenvalue weighted by Gasteiger charge is -2.18. The number of tetrazole rings is 1. The van der Waals surface area contributed by atoms with Crippen molar-refractivity contribution in [1.82, 2.24) is 25.5 Å². The first-order valence-corrected chi connectivity index (χ1v) is 9.89. The zero-order valence-electron chi connectivity index (χ0n) is 16.7. The van der Waals surface area contributed by atoms with E-state index in [1.54, 1.807) is 39.3 Å². The van der Waals surface area contributed by atoms with Crippen molar-refractivity contribution >= 4 is 21.8 Å². The summed E-state index contributed by atoms with van der Waals surface area (Å²) in [6, 6.07) is 9.01. The molecule has 0 fully saturated rings. The van der Waals surface area contributed by atoms with Gasteiger partial charge in [-0.2, -0.15) is 0 Å². The Morgan fingerprint density at radius 1 is 1.23 bits per heavy atom. The molecule has 158 valence electrons. The van der Waals surface area contributed by atoms with Gasteiger partial charge < -0.3 is 14.8 Å². The molecule has 0 saturated heterocycles. The van der Waals surface area contributed by atoms with Crippen molar-refractivity contribution in [1.29, 1.82) is 0 Å². The van der Waals surface area contributed by atoms with Crippen molar-refractivity contribution < 1.29 is 18.7 Å². The molecule has 2 aromatic carbocycles. The van der Waals surface area contributed by atoms with E-state index in [2.05, 4.69) is 36.8 Å². The molecule has 8 nitrogen and oxygen atoms in total. The fourth-order valence-corrected chi connectivity index (χ4v) is 3.74. The van der Waals surface area contributed by atoms with E-state index >= 15 is 0 Å². The predicted octanol–water partition coefficient (Wildman–Crippen LogP) is 3.00. The summed E-state index contributed by atoms with van der Waals surface area (Å²) in [5, 5.41) is 14.3. The Morgan fingerprint density at radius 2 is 2.03 bits per heavy atom. The number of nitrogens with zero attached hydrogens (tertiary/aromatic N) is 4. The van der Waals surface area contributed by atoms with E-state index in [1.165, 1.54) is 16.8 Å². The highest BCUT2D eigenvalue weighted by Gasteiger charge is 2.24. The highest BCUT2D eigenvalue weighted by molar-refractivity contribution is 9.10. The van der Waals surface area contributed by atoms with Crippen LogP contribution in [-0.4, -0.2) is 40.3 Å². The van der Waals surface area contributed by atoms with Crippen molar-refractivity contribution in [3.05, 3.63) is 63.6 Å². The normalized spacial score (nSPS) is 11.8. The van der Waals surface area contributed by atoms with Crippen molar-refractivity contribution in [2.75, 3.05) is 14.2 Å². The van der Waals surface area contributed by atoms with Gasteiger partial charge in [-0.1, -0.05) is 12.1 Å². The van der Waals surface area contributed by atoms with Gasteiger partial charge in [0, 0.05) is 13.0 Å². The fourth-order valence-electron chi connectivity index (χ4n) is 3.08. The topological polar surface area (TPSA) is 91.2 Å². The van der Waals surface area contributed by atoms with Crippen LogP contribution in [0.1, 0.15) is 23.0 Å². The Bertz CT molecular complexity index is 1040. The van der Waals surface area contributed by atoms with Gasteiger partial charge in [-0.05, 0) is 68.7 Å². The minimum Gasteiger partial charge on any atom is -0.493 e. The third-order valence-electron chi connectivity index (χ3n) is 4.53. The van der Waals surface area contributed by atoms with Crippen LogP contribution in [0.25, 0.3) is 0 Å². The highest BCUT2D eigenvalue weighted by atomic mass is 79.9. The van der Waals surface area contributed by atoms with Crippen molar-refractivity contribution in [3.63, 3.8) is 0 Å². The number of benzene rings is 2. The third-order valence-corrected chi connectivity index (χ3v) is 5.12. The van der Waals surface area contributed by atoms with E-state index in [0.29, 0.717) is 27.4 Å². The monoisotopic (exact) mass is 477 g/mol. The number of methoxy groups -OCH3 is 2. The molecule has 1 N–H and O–H groups in total.